The van der Waals surface area contributed by atoms with Crippen molar-refractivity contribution in [3.63, 3.8) is 0 Å². The average Bonchev–Trinajstić information content (AvgIpc) is 2.34. The van der Waals surface area contributed by atoms with Gasteiger partial charge >= 0.3 is 0 Å². The van der Waals surface area contributed by atoms with Gasteiger partial charge in [-0.3, -0.25) is 0 Å². The number of hydrogen-bond donors (Lipinski definition) is 0. The first-order valence-corrected chi connectivity index (χ1v) is 4.95. The van der Waals surface area contributed by atoms with E-state index in [1.807, 2.05) is 11.8 Å². The minimum atomic E-state index is 1.06. The highest BCUT2D eigenvalue weighted by atomic mass is 32.2. The molecule has 0 saturated carbocycles. The van der Waals surface area contributed by atoms with Crippen molar-refractivity contribution in [2.24, 2.45) is 0 Å². The van der Waals surface area contributed by atoms with E-state index in [1.165, 1.54) is 0 Å². The smallest absolute Gasteiger partial charge is 0.118 e. The van der Waals surface area contributed by atoms with Gasteiger partial charge in [-0.1, -0.05) is 0 Å². The third kappa shape index (κ3) is 2.32. The fraction of sp³-hybridized carbons (Fsp3) is 0.600. The second kappa shape index (κ2) is 3.85. The van der Waals surface area contributed by atoms with Gasteiger partial charge in [0.25, 0.3) is 0 Å². The Morgan fingerprint density at radius 1 is 1.78 bits per heavy atom. The van der Waals surface area contributed by atoms with E-state index in [2.05, 4.69) is 16.5 Å². The fourth-order valence-electron chi connectivity index (χ4n) is 0.494. The Labute approximate surface area is 62.7 Å². The van der Waals surface area contributed by atoms with Crippen LogP contribution < -0.4 is 0 Å². The quantitative estimate of drug-likeness (QED) is 0.669. The SMILES string of the molecule is CSCCc1nncs1. The summed E-state index contributed by atoms with van der Waals surface area (Å²) in [6, 6.07) is 0. The Morgan fingerprint density at radius 3 is 3.22 bits per heavy atom. The molecule has 0 atom stereocenters. The summed E-state index contributed by atoms with van der Waals surface area (Å²) in [7, 11) is 0. The molecule has 0 aliphatic carbocycles. The maximum atomic E-state index is 3.91. The zero-order valence-electron chi connectivity index (χ0n) is 5.20. The van der Waals surface area contributed by atoms with Crippen LogP contribution >= 0.6 is 23.1 Å². The number of rotatable bonds is 3. The van der Waals surface area contributed by atoms with Gasteiger partial charge in [0.2, 0.25) is 0 Å². The van der Waals surface area contributed by atoms with Crippen LogP contribution in [0.5, 0.6) is 0 Å². The number of aryl methyl sites for hydroxylation is 1. The average molecular weight is 160 g/mol. The van der Waals surface area contributed by atoms with Crippen LogP contribution in [0.25, 0.3) is 0 Å². The Bertz CT molecular complexity index is 150. The molecular weight excluding hydrogens is 152 g/mol. The predicted molar refractivity (Wildman–Crippen MR) is 42.0 cm³/mol. The summed E-state index contributed by atoms with van der Waals surface area (Å²) in [5, 5.41) is 8.79. The standard InChI is InChI=1S/C5H8N2S2/c1-8-3-2-5-7-6-4-9-5/h4H,2-3H2,1H3. The van der Waals surface area contributed by atoms with E-state index < -0.39 is 0 Å². The van der Waals surface area contributed by atoms with Crippen molar-refractivity contribution >= 4 is 23.1 Å². The molecule has 9 heavy (non-hydrogen) atoms. The maximum Gasteiger partial charge on any atom is 0.118 e. The number of hydrogen-bond acceptors (Lipinski definition) is 4. The summed E-state index contributed by atoms with van der Waals surface area (Å²) >= 11 is 3.47. The van der Waals surface area contributed by atoms with E-state index in [1.54, 1.807) is 16.8 Å². The molecule has 50 valence electrons. The van der Waals surface area contributed by atoms with Gasteiger partial charge in [0.05, 0.1) is 0 Å². The van der Waals surface area contributed by atoms with Gasteiger partial charge in [-0.2, -0.15) is 11.8 Å². The minimum Gasteiger partial charge on any atom is -0.165 e. The highest BCUT2D eigenvalue weighted by Crippen LogP contribution is 2.04. The summed E-state index contributed by atoms with van der Waals surface area (Å²) in [5.41, 5.74) is 1.77. The lowest BCUT2D eigenvalue weighted by Gasteiger charge is -1.87. The van der Waals surface area contributed by atoms with E-state index in [4.69, 9.17) is 0 Å². The summed E-state index contributed by atoms with van der Waals surface area (Å²) in [6.45, 7) is 0. The molecule has 0 unspecified atom stereocenters. The predicted octanol–water partition coefficient (Wildman–Crippen LogP) is 1.44. The summed E-state index contributed by atoms with van der Waals surface area (Å²) in [4.78, 5) is 0. The largest absolute Gasteiger partial charge is 0.165 e. The third-order valence-corrected chi connectivity index (χ3v) is 2.30. The van der Waals surface area contributed by atoms with E-state index >= 15 is 0 Å². The molecule has 1 aromatic rings. The lowest BCUT2D eigenvalue weighted by atomic mass is 10.5. The van der Waals surface area contributed by atoms with Crippen LogP contribution in [0.15, 0.2) is 5.51 Å². The number of nitrogens with zero attached hydrogens (tertiary/aromatic N) is 2. The first-order chi connectivity index (χ1) is 4.43. The molecule has 0 aromatic carbocycles. The molecule has 0 fully saturated rings. The van der Waals surface area contributed by atoms with Gasteiger partial charge in [0, 0.05) is 6.42 Å². The van der Waals surface area contributed by atoms with Crippen LogP contribution in [0.2, 0.25) is 0 Å². The van der Waals surface area contributed by atoms with Crippen molar-refractivity contribution in [1.82, 2.24) is 10.2 Å². The lowest BCUT2D eigenvalue weighted by Crippen LogP contribution is -1.85. The molecule has 2 nitrogen and oxygen atoms in total. The Morgan fingerprint density at radius 2 is 2.67 bits per heavy atom. The highest BCUT2D eigenvalue weighted by molar-refractivity contribution is 7.98. The Kier molecular flexibility index (Phi) is 3.00. The van der Waals surface area contributed by atoms with Gasteiger partial charge in [-0.25, -0.2) is 0 Å². The third-order valence-electron chi connectivity index (χ3n) is 0.925. The van der Waals surface area contributed by atoms with Gasteiger partial charge in [-0.15, -0.1) is 21.5 Å². The van der Waals surface area contributed by atoms with E-state index in [9.17, 15) is 0 Å². The van der Waals surface area contributed by atoms with Crippen LogP contribution in [-0.4, -0.2) is 22.2 Å². The monoisotopic (exact) mass is 160 g/mol. The molecule has 0 radical (unpaired) electrons. The first-order valence-electron chi connectivity index (χ1n) is 2.67. The molecule has 0 saturated heterocycles. The molecule has 4 heteroatoms. The molecule has 0 bridgehead atoms. The van der Waals surface area contributed by atoms with Gasteiger partial charge in [0.1, 0.15) is 10.5 Å². The number of aromatic nitrogens is 2. The zero-order valence-corrected chi connectivity index (χ0v) is 6.84. The maximum absolute atomic E-state index is 3.91. The zero-order chi connectivity index (χ0) is 6.53. The molecule has 0 aliphatic heterocycles. The first kappa shape index (κ1) is 7.02. The van der Waals surface area contributed by atoms with E-state index in [-0.39, 0.29) is 0 Å². The summed E-state index contributed by atoms with van der Waals surface area (Å²) in [6.07, 6.45) is 3.16. The van der Waals surface area contributed by atoms with Crippen LogP contribution in [-0.2, 0) is 6.42 Å². The van der Waals surface area contributed by atoms with Gasteiger partial charge in [0.15, 0.2) is 0 Å². The summed E-state index contributed by atoms with van der Waals surface area (Å²) in [5.74, 6) is 1.15. The molecular formula is C5H8N2S2. The van der Waals surface area contributed by atoms with Crippen LogP contribution in [0, 0.1) is 0 Å². The van der Waals surface area contributed by atoms with E-state index in [0.717, 1.165) is 17.2 Å². The molecule has 0 N–H and O–H groups in total. The van der Waals surface area contributed by atoms with Crippen LogP contribution in [0.4, 0.5) is 0 Å². The van der Waals surface area contributed by atoms with Crippen molar-refractivity contribution < 1.29 is 0 Å². The lowest BCUT2D eigenvalue weighted by molar-refractivity contribution is 0.990. The van der Waals surface area contributed by atoms with Crippen molar-refractivity contribution in [2.75, 3.05) is 12.0 Å². The minimum absolute atomic E-state index is 1.06. The Hall–Kier alpha value is -0.0900. The summed E-state index contributed by atoms with van der Waals surface area (Å²) < 4.78 is 0. The molecule has 0 spiro atoms. The second-order valence-electron chi connectivity index (χ2n) is 1.58. The molecule has 1 rings (SSSR count). The normalized spacial score (nSPS) is 9.89. The number of thioether (sulfide) groups is 1. The Balaban J connectivity index is 2.30. The van der Waals surface area contributed by atoms with Crippen LogP contribution in [0.1, 0.15) is 5.01 Å². The highest BCUT2D eigenvalue weighted by Gasteiger charge is 1.93. The van der Waals surface area contributed by atoms with Crippen molar-refractivity contribution in [3.8, 4) is 0 Å². The van der Waals surface area contributed by atoms with Crippen molar-refractivity contribution in [2.45, 2.75) is 6.42 Å². The molecule has 1 heterocycles. The molecule has 1 aromatic heterocycles. The van der Waals surface area contributed by atoms with Crippen molar-refractivity contribution in [3.05, 3.63) is 10.5 Å². The second-order valence-corrected chi connectivity index (χ2v) is 3.48. The van der Waals surface area contributed by atoms with Crippen molar-refractivity contribution in [1.29, 1.82) is 0 Å². The fourth-order valence-corrected chi connectivity index (χ4v) is 1.55. The van der Waals surface area contributed by atoms with Gasteiger partial charge < -0.3 is 0 Å². The van der Waals surface area contributed by atoms with Crippen LogP contribution in [0.3, 0.4) is 0 Å². The van der Waals surface area contributed by atoms with E-state index in [0.29, 0.717) is 0 Å². The molecule has 0 aliphatic rings. The molecule has 0 amide bonds. The van der Waals surface area contributed by atoms with Gasteiger partial charge in [-0.05, 0) is 12.0 Å². The topological polar surface area (TPSA) is 25.8 Å².